The van der Waals surface area contributed by atoms with Crippen LogP contribution >= 0.6 is 59.3 Å². The molecule has 16 nitrogen and oxygen atoms in total. The molecule has 0 spiro atoms. The zero-order valence-electron chi connectivity index (χ0n) is 35.9. The molecule has 0 radical (unpaired) electrons. The standard InChI is InChI=1S/C43H50Cl2N2O14S4/c1-29-16-18-37-33(25-29)43(4,20-10-6-9-15-40(48)55-41-34(44)27-31(28-35(41)45)64-61-58-51)39(47(37)22-12-24-65(52,53)54)14-8-5-7-13-38-42(2,3)32-26-30(63-60-57-50)17-19-36(32)46(38)21-11-23-62-59-56-49/h5,7-8,13-14,16-19,25-28H,6,9-12,15,20-24H2,1-4H3,(H3-,49,50,51,52,53,54)/p+1. The maximum absolute atomic E-state index is 12.9. The molecule has 354 valence electrons. The summed E-state index contributed by atoms with van der Waals surface area (Å²) >= 11 is 15.2. The summed E-state index contributed by atoms with van der Waals surface area (Å²) < 4.78 is 54.6. The van der Waals surface area contributed by atoms with Crippen molar-refractivity contribution in [3.63, 3.8) is 0 Å². The van der Waals surface area contributed by atoms with Gasteiger partial charge in [0.25, 0.3) is 10.1 Å². The maximum atomic E-state index is 12.9. The molecule has 0 aliphatic carbocycles. The molecule has 65 heavy (non-hydrogen) atoms. The molecule has 5 rings (SSSR count). The summed E-state index contributed by atoms with van der Waals surface area (Å²) in [6, 6.07) is 15.0. The molecule has 0 saturated heterocycles. The third-order valence-corrected chi connectivity index (χ3v) is 14.1. The number of anilines is 1. The highest BCUT2D eigenvalue weighted by Gasteiger charge is 2.45. The van der Waals surface area contributed by atoms with Gasteiger partial charge in [-0.25, -0.2) is 15.8 Å². The number of esters is 1. The van der Waals surface area contributed by atoms with E-state index in [0.717, 1.165) is 74.9 Å². The van der Waals surface area contributed by atoms with E-state index in [-0.39, 0.29) is 34.4 Å². The van der Waals surface area contributed by atoms with Crippen molar-refractivity contribution in [3.8, 4) is 5.75 Å². The molecule has 0 fully saturated rings. The van der Waals surface area contributed by atoms with Crippen molar-refractivity contribution in [2.24, 2.45) is 0 Å². The van der Waals surface area contributed by atoms with Crippen LogP contribution in [-0.4, -0.2) is 69.6 Å². The number of allylic oxidation sites excluding steroid dienone is 6. The minimum absolute atomic E-state index is 0.0169. The summed E-state index contributed by atoms with van der Waals surface area (Å²) in [6.45, 7) is 9.44. The Kier molecular flexibility index (Phi) is 20.3. The number of aryl methyl sites for hydroxylation is 1. The molecule has 2 aliphatic heterocycles. The van der Waals surface area contributed by atoms with Gasteiger partial charge in [0.2, 0.25) is 5.69 Å². The van der Waals surface area contributed by atoms with Crippen molar-refractivity contribution in [2.75, 3.05) is 29.5 Å². The Bertz CT molecular complexity index is 2360. The van der Waals surface area contributed by atoms with E-state index in [1.165, 1.54) is 12.1 Å². The summed E-state index contributed by atoms with van der Waals surface area (Å²) in [7, 11) is -4.18. The summed E-state index contributed by atoms with van der Waals surface area (Å²) in [5.41, 5.74) is 6.25. The number of halogens is 2. The zero-order chi connectivity index (χ0) is 47.2. The van der Waals surface area contributed by atoms with Crippen molar-refractivity contribution in [3.05, 3.63) is 111 Å². The normalized spacial score (nSPS) is 17.6. The van der Waals surface area contributed by atoms with Crippen LogP contribution in [-0.2, 0) is 53.9 Å². The average Bonchev–Trinajstić information content (AvgIpc) is 3.60. The van der Waals surface area contributed by atoms with E-state index in [9.17, 15) is 17.8 Å². The van der Waals surface area contributed by atoms with Gasteiger partial charge in [0.1, 0.15) is 6.54 Å². The second-order valence-electron chi connectivity index (χ2n) is 15.8. The number of carbonyl (C=O) groups excluding carboxylic acids is 1. The van der Waals surface area contributed by atoms with E-state index in [0.29, 0.717) is 61.5 Å². The van der Waals surface area contributed by atoms with Crippen molar-refractivity contribution >= 4 is 92.5 Å². The molecule has 2 aliphatic rings. The molecule has 22 heteroatoms. The topological polar surface area (TPSA) is 203 Å². The van der Waals surface area contributed by atoms with Gasteiger partial charge < -0.3 is 9.64 Å². The summed E-state index contributed by atoms with van der Waals surface area (Å²) in [5.74, 6) is -0.308. The Morgan fingerprint density at radius 2 is 1.54 bits per heavy atom. The van der Waals surface area contributed by atoms with Gasteiger partial charge in [-0.05, 0) is 88.9 Å². The number of hydrogen-bond acceptors (Lipinski definition) is 17. The van der Waals surface area contributed by atoms with Crippen LogP contribution in [0.2, 0.25) is 10.0 Å². The lowest BCUT2D eigenvalue weighted by Gasteiger charge is -2.30. The minimum atomic E-state index is -4.18. The fourth-order valence-electron chi connectivity index (χ4n) is 8.10. The summed E-state index contributed by atoms with van der Waals surface area (Å²) in [6.07, 6.45) is 13.7. The average molecular weight is 1020 g/mol. The molecule has 0 bridgehead atoms. The van der Waals surface area contributed by atoms with E-state index in [2.05, 4.69) is 72.2 Å². The first-order valence-corrected chi connectivity index (χ1v) is 25.1. The van der Waals surface area contributed by atoms with Gasteiger partial charge in [0, 0.05) is 81.5 Å². The van der Waals surface area contributed by atoms with Gasteiger partial charge in [0.15, 0.2) is 11.5 Å². The van der Waals surface area contributed by atoms with Crippen molar-refractivity contribution < 1.29 is 71.0 Å². The second kappa shape index (κ2) is 24.9. The lowest BCUT2D eigenvalue weighted by Crippen LogP contribution is -2.30. The molecular formula is C43H51Cl2N2O14S4+. The van der Waals surface area contributed by atoms with Gasteiger partial charge in [-0.3, -0.25) is 9.35 Å². The first-order chi connectivity index (χ1) is 31.0. The number of unbranched alkanes of at least 4 members (excludes halogenated alkanes) is 2. The number of rotatable bonds is 26. The second-order valence-corrected chi connectivity index (χ2v) is 20.5. The quantitative estimate of drug-likeness (QED) is 0.00679. The Morgan fingerprint density at radius 3 is 2.23 bits per heavy atom. The molecule has 1 unspecified atom stereocenters. The monoisotopic (exact) mass is 1020 g/mol. The van der Waals surface area contributed by atoms with Gasteiger partial charge in [-0.2, -0.15) is 13.0 Å². The van der Waals surface area contributed by atoms with E-state index < -0.39 is 26.9 Å². The Hall–Kier alpha value is -3.00. The summed E-state index contributed by atoms with van der Waals surface area (Å²) in [4.78, 5) is 16.1. The predicted molar refractivity (Wildman–Crippen MR) is 251 cm³/mol. The van der Waals surface area contributed by atoms with Crippen molar-refractivity contribution in [1.29, 1.82) is 0 Å². The molecule has 0 saturated carbocycles. The van der Waals surface area contributed by atoms with Crippen LogP contribution < -0.4 is 9.64 Å². The number of hydrogen-bond donors (Lipinski definition) is 4. The van der Waals surface area contributed by atoms with E-state index in [1.807, 2.05) is 55.5 Å². The lowest BCUT2D eigenvalue weighted by molar-refractivity contribution is -0.438. The van der Waals surface area contributed by atoms with E-state index in [1.54, 1.807) is 0 Å². The predicted octanol–water partition coefficient (Wildman–Crippen LogP) is 11.6. The highest BCUT2D eigenvalue weighted by Crippen LogP contribution is 2.51. The van der Waals surface area contributed by atoms with Crippen molar-refractivity contribution in [1.82, 2.24) is 0 Å². The van der Waals surface area contributed by atoms with Crippen LogP contribution in [0, 0.1) is 6.92 Å². The highest BCUT2D eigenvalue weighted by atomic mass is 35.5. The molecule has 0 aromatic heterocycles. The fourth-order valence-corrected chi connectivity index (χ4v) is 10.5. The largest absolute Gasteiger partial charge is 0.423 e. The maximum Gasteiger partial charge on any atom is 0.311 e. The van der Waals surface area contributed by atoms with Crippen molar-refractivity contribution in [2.45, 2.75) is 93.3 Å². The number of benzene rings is 3. The Labute approximate surface area is 401 Å². The zero-order valence-corrected chi connectivity index (χ0v) is 40.7. The Balaban J connectivity index is 1.36. The SMILES string of the molecule is Cc1ccc2c(c1)C(C)(CCCCCC(=O)Oc1c(Cl)cc(SOOO)cc1Cl)/C(=C/C=C/C=C/C1=[N+](CCCSOOO)c3ccc(SOOO)cc3C1(C)C)N2CCCS(=O)(=O)O. The van der Waals surface area contributed by atoms with Crippen LogP contribution in [0.5, 0.6) is 5.75 Å². The smallest absolute Gasteiger partial charge is 0.311 e. The first-order valence-electron chi connectivity index (χ1n) is 20.3. The van der Waals surface area contributed by atoms with Crippen LogP contribution in [0.4, 0.5) is 11.4 Å². The molecule has 2 heterocycles. The molecule has 3 aromatic carbocycles. The van der Waals surface area contributed by atoms with Crippen LogP contribution in [0.1, 0.15) is 82.4 Å². The van der Waals surface area contributed by atoms with Gasteiger partial charge in [-0.1, -0.05) is 87.1 Å². The molecule has 0 amide bonds. The Morgan fingerprint density at radius 1 is 0.831 bits per heavy atom. The van der Waals surface area contributed by atoms with Gasteiger partial charge >= 0.3 is 5.97 Å². The number of ether oxygens (including phenoxy) is 1. The van der Waals surface area contributed by atoms with E-state index >= 15 is 0 Å². The third kappa shape index (κ3) is 14.3. The molecule has 4 N–H and O–H groups in total. The number of carbonyl (C=O) groups is 1. The van der Waals surface area contributed by atoms with Gasteiger partial charge in [-0.15, -0.1) is 13.0 Å². The number of nitrogens with zero attached hydrogens (tertiary/aromatic N) is 2. The lowest BCUT2D eigenvalue weighted by atomic mass is 9.76. The molecule has 3 aromatic rings. The summed E-state index contributed by atoms with van der Waals surface area (Å²) in [5, 5.41) is 37.0. The van der Waals surface area contributed by atoms with Crippen LogP contribution in [0.15, 0.2) is 94.4 Å². The van der Waals surface area contributed by atoms with Crippen LogP contribution in [0.3, 0.4) is 0 Å². The molecule has 1 atom stereocenters. The minimum Gasteiger partial charge on any atom is -0.423 e. The van der Waals surface area contributed by atoms with Gasteiger partial charge in [0.05, 0.1) is 45.3 Å². The first kappa shape index (κ1) is 53.0. The fraction of sp³-hybridized carbons (Fsp3) is 0.395. The third-order valence-electron chi connectivity index (χ3n) is 11.0. The number of fused-ring (bicyclic) bond motifs is 2. The van der Waals surface area contributed by atoms with E-state index in [4.69, 9.17) is 48.0 Å². The van der Waals surface area contributed by atoms with Crippen LogP contribution in [0.25, 0.3) is 0 Å². The highest BCUT2D eigenvalue weighted by molar-refractivity contribution is 7.95. The molecular weight excluding hydrogens is 968 g/mol.